The van der Waals surface area contributed by atoms with Gasteiger partial charge in [-0.25, -0.2) is 9.78 Å². The second-order valence-corrected chi connectivity index (χ2v) is 4.35. The van der Waals surface area contributed by atoms with E-state index in [4.69, 9.17) is 5.11 Å². The van der Waals surface area contributed by atoms with Gasteiger partial charge in [0.05, 0.1) is 11.9 Å². The van der Waals surface area contributed by atoms with Crippen LogP contribution in [0.3, 0.4) is 0 Å². The number of aromatic nitrogens is 1. The molecule has 1 saturated heterocycles. The van der Waals surface area contributed by atoms with Gasteiger partial charge in [-0.3, -0.25) is 4.79 Å². The van der Waals surface area contributed by atoms with Gasteiger partial charge in [-0.15, -0.1) is 0 Å². The molecule has 0 spiro atoms. The van der Waals surface area contributed by atoms with Gasteiger partial charge in [0.1, 0.15) is 5.69 Å². The minimum atomic E-state index is -1.08. The lowest BCUT2D eigenvalue weighted by atomic mass is 10.0. The number of carbonyl (C=O) groups is 2. The SMILES string of the molecule is O=C(CC1CCNC1)Nc1ccc(C(=O)O)nc1. The molecule has 1 amide bonds. The van der Waals surface area contributed by atoms with Crippen molar-refractivity contribution < 1.29 is 14.7 Å². The van der Waals surface area contributed by atoms with E-state index in [2.05, 4.69) is 15.6 Å². The zero-order chi connectivity index (χ0) is 13.0. The van der Waals surface area contributed by atoms with Gasteiger partial charge < -0.3 is 15.7 Å². The highest BCUT2D eigenvalue weighted by Gasteiger charge is 2.18. The number of nitrogens with one attached hydrogen (secondary N) is 2. The van der Waals surface area contributed by atoms with Crippen molar-refractivity contribution in [2.45, 2.75) is 12.8 Å². The van der Waals surface area contributed by atoms with E-state index in [1.54, 1.807) is 6.07 Å². The minimum Gasteiger partial charge on any atom is -0.477 e. The highest BCUT2D eigenvalue weighted by atomic mass is 16.4. The number of aromatic carboxylic acids is 1. The Labute approximate surface area is 104 Å². The molecule has 96 valence electrons. The summed E-state index contributed by atoms with van der Waals surface area (Å²) in [5.41, 5.74) is 0.490. The Balaban J connectivity index is 1.88. The molecule has 6 heteroatoms. The van der Waals surface area contributed by atoms with Crippen LogP contribution in [0.25, 0.3) is 0 Å². The van der Waals surface area contributed by atoms with E-state index in [-0.39, 0.29) is 11.6 Å². The van der Waals surface area contributed by atoms with Crippen molar-refractivity contribution in [2.75, 3.05) is 18.4 Å². The van der Waals surface area contributed by atoms with Crippen molar-refractivity contribution >= 4 is 17.6 Å². The molecule has 1 atom stereocenters. The van der Waals surface area contributed by atoms with Crippen molar-refractivity contribution in [1.29, 1.82) is 0 Å². The Kier molecular flexibility index (Phi) is 3.88. The minimum absolute atomic E-state index is 0.0343. The Morgan fingerprint density at radius 3 is 2.89 bits per heavy atom. The number of carbonyl (C=O) groups excluding carboxylic acids is 1. The van der Waals surface area contributed by atoms with Gasteiger partial charge in [-0.2, -0.15) is 0 Å². The Morgan fingerprint density at radius 2 is 2.33 bits per heavy atom. The van der Waals surface area contributed by atoms with Gasteiger partial charge in [0.25, 0.3) is 0 Å². The topological polar surface area (TPSA) is 91.3 Å². The third kappa shape index (κ3) is 3.27. The predicted molar refractivity (Wildman–Crippen MR) is 65.4 cm³/mol. The van der Waals surface area contributed by atoms with E-state index in [0.29, 0.717) is 18.0 Å². The number of carboxylic acid groups (broad SMARTS) is 1. The van der Waals surface area contributed by atoms with Crippen molar-refractivity contribution in [1.82, 2.24) is 10.3 Å². The first kappa shape index (κ1) is 12.5. The summed E-state index contributed by atoms with van der Waals surface area (Å²) >= 11 is 0. The number of amides is 1. The zero-order valence-electron chi connectivity index (χ0n) is 9.85. The zero-order valence-corrected chi connectivity index (χ0v) is 9.85. The molecule has 3 N–H and O–H groups in total. The van der Waals surface area contributed by atoms with Crippen molar-refractivity contribution in [3.63, 3.8) is 0 Å². The molecule has 0 radical (unpaired) electrons. The monoisotopic (exact) mass is 249 g/mol. The van der Waals surface area contributed by atoms with Crippen LogP contribution in [0.4, 0.5) is 5.69 Å². The summed E-state index contributed by atoms with van der Waals surface area (Å²) in [7, 11) is 0. The number of anilines is 1. The van der Waals surface area contributed by atoms with Crippen LogP contribution >= 0.6 is 0 Å². The lowest BCUT2D eigenvalue weighted by Crippen LogP contribution is -2.18. The molecule has 0 bridgehead atoms. The highest BCUT2D eigenvalue weighted by Crippen LogP contribution is 2.14. The number of hydrogen-bond donors (Lipinski definition) is 3. The third-order valence-corrected chi connectivity index (χ3v) is 2.90. The normalized spacial score (nSPS) is 18.6. The summed E-state index contributed by atoms with van der Waals surface area (Å²) in [5, 5.41) is 14.6. The molecule has 1 unspecified atom stereocenters. The first-order valence-electron chi connectivity index (χ1n) is 5.85. The maximum atomic E-state index is 11.7. The maximum Gasteiger partial charge on any atom is 0.354 e. The van der Waals surface area contributed by atoms with Crippen LogP contribution in [0.1, 0.15) is 23.3 Å². The fourth-order valence-electron chi connectivity index (χ4n) is 1.96. The van der Waals surface area contributed by atoms with Gasteiger partial charge in [0, 0.05) is 6.42 Å². The smallest absolute Gasteiger partial charge is 0.354 e. The van der Waals surface area contributed by atoms with Crippen molar-refractivity contribution in [2.24, 2.45) is 5.92 Å². The molecule has 1 aromatic heterocycles. The summed E-state index contributed by atoms with van der Waals surface area (Å²) in [6, 6.07) is 2.91. The molecule has 0 saturated carbocycles. The summed E-state index contributed by atoms with van der Waals surface area (Å²) in [5.74, 6) is -0.755. The Hall–Kier alpha value is -1.95. The second-order valence-electron chi connectivity index (χ2n) is 4.35. The Bertz CT molecular complexity index is 438. The van der Waals surface area contributed by atoms with Crippen LogP contribution in [0, 0.1) is 5.92 Å². The van der Waals surface area contributed by atoms with Gasteiger partial charge in [-0.1, -0.05) is 0 Å². The summed E-state index contributed by atoms with van der Waals surface area (Å²) < 4.78 is 0. The van der Waals surface area contributed by atoms with Crippen molar-refractivity contribution in [3.05, 3.63) is 24.0 Å². The average Bonchev–Trinajstić information content (AvgIpc) is 2.82. The Morgan fingerprint density at radius 1 is 1.50 bits per heavy atom. The number of hydrogen-bond acceptors (Lipinski definition) is 4. The van der Waals surface area contributed by atoms with Crippen LogP contribution in [0.15, 0.2) is 18.3 Å². The number of carboxylic acids is 1. The second kappa shape index (κ2) is 5.59. The molecule has 1 fully saturated rings. The van der Waals surface area contributed by atoms with E-state index < -0.39 is 5.97 Å². The fourth-order valence-corrected chi connectivity index (χ4v) is 1.96. The standard InChI is InChI=1S/C12H15N3O3/c16-11(5-8-3-4-13-6-8)15-9-1-2-10(12(17)18)14-7-9/h1-2,7-8,13H,3-6H2,(H,15,16)(H,17,18). The van der Waals surface area contributed by atoms with Gasteiger partial charge in [0.2, 0.25) is 5.91 Å². The maximum absolute atomic E-state index is 11.7. The molecular formula is C12H15N3O3. The summed E-state index contributed by atoms with van der Waals surface area (Å²) in [4.78, 5) is 26.0. The van der Waals surface area contributed by atoms with E-state index in [1.165, 1.54) is 12.3 Å². The molecule has 1 aliphatic rings. The third-order valence-electron chi connectivity index (χ3n) is 2.90. The summed E-state index contributed by atoms with van der Waals surface area (Å²) in [6.45, 7) is 1.84. The van der Waals surface area contributed by atoms with Crippen LogP contribution in [0.2, 0.25) is 0 Å². The van der Waals surface area contributed by atoms with Crippen LogP contribution in [0.5, 0.6) is 0 Å². The first-order valence-corrected chi connectivity index (χ1v) is 5.85. The van der Waals surface area contributed by atoms with Gasteiger partial charge >= 0.3 is 5.97 Å². The number of pyridine rings is 1. The lowest BCUT2D eigenvalue weighted by molar-refractivity contribution is -0.116. The molecule has 1 aliphatic heterocycles. The van der Waals surface area contributed by atoms with E-state index in [0.717, 1.165) is 19.5 Å². The van der Waals surface area contributed by atoms with Crippen LogP contribution < -0.4 is 10.6 Å². The summed E-state index contributed by atoms with van der Waals surface area (Å²) in [6.07, 6.45) is 2.85. The molecular weight excluding hydrogens is 234 g/mol. The number of nitrogens with zero attached hydrogens (tertiary/aromatic N) is 1. The van der Waals surface area contributed by atoms with Crippen LogP contribution in [-0.4, -0.2) is 35.1 Å². The largest absolute Gasteiger partial charge is 0.477 e. The fraction of sp³-hybridized carbons (Fsp3) is 0.417. The average molecular weight is 249 g/mol. The molecule has 1 aromatic rings. The van der Waals surface area contributed by atoms with E-state index in [9.17, 15) is 9.59 Å². The highest BCUT2D eigenvalue weighted by molar-refractivity contribution is 5.91. The first-order chi connectivity index (χ1) is 8.65. The van der Waals surface area contributed by atoms with Gasteiger partial charge in [-0.05, 0) is 37.6 Å². The van der Waals surface area contributed by atoms with Crippen molar-refractivity contribution in [3.8, 4) is 0 Å². The molecule has 0 aliphatic carbocycles. The molecule has 0 aromatic carbocycles. The number of rotatable bonds is 4. The quantitative estimate of drug-likeness (QED) is 0.731. The molecule has 2 rings (SSSR count). The van der Waals surface area contributed by atoms with E-state index in [1.807, 2.05) is 0 Å². The van der Waals surface area contributed by atoms with Gasteiger partial charge in [0.15, 0.2) is 0 Å². The van der Waals surface area contributed by atoms with E-state index >= 15 is 0 Å². The van der Waals surface area contributed by atoms with Crippen LogP contribution in [-0.2, 0) is 4.79 Å². The molecule has 2 heterocycles. The molecule has 18 heavy (non-hydrogen) atoms. The lowest BCUT2D eigenvalue weighted by Gasteiger charge is -2.08. The predicted octanol–water partition coefficient (Wildman–Crippen LogP) is 0.718. The molecule has 6 nitrogen and oxygen atoms in total.